The minimum Gasteiger partial charge on any atom is -0.370 e. The van der Waals surface area contributed by atoms with E-state index in [9.17, 15) is 18.0 Å². The Kier molecular flexibility index (Phi) is 6.83. The molecule has 4 rings (SSSR count). The largest absolute Gasteiger partial charge is 0.420 e. The zero-order valence-electron chi connectivity index (χ0n) is 19.0. The van der Waals surface area contributed by atoms with Crippen molar-refractivity contribution in [2.75, 3.05) is 9.80 Å². The van der Waals surface area contributed by atoms with Gasteiger partial charge < -0.3 is 9.64 Å². The lowest BCUT2D eigenvalue weighted by Crippen LogP contribution is -2.44. The minimum absolute atomic E-state index is 0.186. The van der Waals surface area contributed by atoms with Crippen molar-refractivity contribution in [2.45, 2.75) is 38.8 Å². The summed E-state index contributed by atoms with van der Waals surface area (Å²) in [6, 6.07) is 10.1. The lowest BCUT2D eigenvalue weighted by Gasteiger charge is -2.29. The van der Waals surface area contributed by atoms with Gasteiger partial charge in [-0.15, -0.1) is 11.3 Å². The molecule has 0 radical (unpaired) electrons. The Hall–Kier alpha value is -3.40. The van der Waals surface area contributed by atoms with Crippen molar-refractivity contribution in [1.82, 2.24) is 4.98 Å². The van der Waals surface area contributed by atoms with Gasteiger partial charge in [-0.25, -0.2) is 9.37 Å². The van der Waals surface area contributed by atoms with Gasteiger partial charge in [0, 0.05) is 17.3 Å². The zero-order chi connectivity index (χ0) is 26.3. The van der Waals surface area contributed by atoms with Crippen LogP contribution in [0, 0.1) is 17.1 Å². The molecule has 0 unspecified atom stereocenters. The summed E-state index contributed by atoms with van der Waals surface area (Å²) in [5.41, 5.74) is -3.27. The summed E-state index contributed by atoms with van der Waals surface area (Å²) in [5.74, 6) is -2.44. The molecular formula is C24H18F4N4O2S2. The van der Waals surface area contributed by atoms with Gasteiger partial charge in [-0.3, -0.25) is 9.69 Å². The highest BCUT2D eigenvalue weighted by molar-refractivity contribution is 7.81. The van der Waals surface area contributed by atoms with Crippen LogP contribution in [0.25, 0.3) is 0 Å². The van der Waals surface area contributed by atoms with Gasteiger partial charge in [-0.1, -0.05) is 12.1 Å². The summed E-state index contributed by atoms with van der Waals surface area (Å²) in [7, 11) is 0. The van der Waals surface area contributed by atoms with E-state index >= 15 is 4.39 Å². The smallest absolute Gasteiger partial charge is 0.370 e. The first-order valence-corrected chi connectivity index (χ1v) is 11.8. The van der Waals surface area contributed by atoms with Crippen molar-refractivity contribution in [3.05, 3.63) is 75.5 Å². The van der Waals surface area contributed by atoms with Crippen LogP contribution in [0.1, 0.15) is 35.5 Å². The Balaban J connectivity index is 1.62. The first-order valence-electron chi connectivity index (χ1n) is 10.5. The first-order chi connectivity index (χ1) is 17.0. The van der Waals surface area contributed by atoms with Crippen molar-refractivity contribution in [3.63, 3.8) is 0 Å². The van der Waals surface area contributed by atoms with E-state index in [0.717, 1.165) is 27.6 Å². The number of ether oxygens (including phenoxy) is 1. The van der Waals surface area contributed by atoms with Crippen LogP contribution >= 0.6 is 23.6 Å². The summed E-state index contributed by atoms with van der Waals surface area (Å²) in [6.45, 7) is 3.76. The molecule has 0 spiro atoms. The molecule has 1 amide bonds. The van der Waals surface area contributed by atoms with E-state index in [-0.39, 0.29) is 5.11 Å². The average Bonchev–Trinajstić information content (AvgIpc) is 3.39. The van der Waals surface area contributed by atoms with Gasteiger partial charge in [0.15, 0.2) is 10.9 Å². The lowest BCUT2D eigenvalue weighted by molar-refractivity contribution is -0.140. The number of alkyl halides is 3. The molecule has 2 aromatic carbocycles. The highest BCUT2D eigenvalue weighted by atomic mass is 32.1. The van der Waals surface area contributed by atoms with Crippen molar-refractivity contribution >= 4 is 45.9 Å². The van der Waals surface area contributed by atoms with Gasteiger partial charge in [0.2, 0.25) is 0 Å². The number of aromatic nitrogens is 1. The molecule has 1 aromatic heterocycles. The highest BCUT2D eigenvalue weighted by Gasteiger charge is 2.51. The third-order valence-corrected chi connectivity index (χ3v) is 6.73. The molecule has 1 aliphatic heterocycles. The number of thiocarbonyl (C=S) groups is 1. The molecule has 6 nitrogen and oxygen atoms in total. The molecule has 12 heteroatoms. The van der Waals surface area contributed by atoms with Gasteiger partial charge in [-0.2, -0.15) is 18.4 Å². The molecule has 0 atom stereocenters. The number of carbonyl (C=O) groups is 1. The van der Waals surface area contributed by atoms with Crippen LogP contribution in [0.4, 0.5) is 28.9 Å². The van der Waals surface area contributed by atoms with Crippen LogP contribution in [0.5, 0.6) is 0 Å². The molecule has 0 saturated carbocycles. The van der Waals surface area contributed by atoms with E-state index in [2.05, 4.69) is 4.98 Å². The van der Waals surface area contributed by atoms with Crippen LogP contribution in [0.3, 0.4) is 0 Å². The average molecular weight is 535 g/mol. The fourth-order valence-electron chi connectivity index (χ4n) is 3.87. The topological polar surface area (TPSA) is 69.5 Å². The maximum Gasteiger partial charge on any atom is 0.420 e. The summed E-state index contributed by atoms with van der Waals surface area (Å²) in [6.07, 6.45) is -3.45. The second-order valence-corrected chi connectivity index (χ2v) is 9.68. The third-order valence-electron chi connectivity index (χ3n) is 5.61. The Morgan fingerprint density at radius 2 is 1.86 bits per heavy atom. The van der Waals surface area contributed by atoms with Gasteiger partial charge >= 0.3 is 6.18 Å². The number of nitriles is 1. The van der Waals surface area contributed by atoms with Gasteiger partial charge in [-0.05, 0) is 55.9 Å². The fraction of sp³-hybridized carbons (Fsp3) is 0.250. The SMILES string of the molecule is CC1(C)C(=O)N(c2ccc(C#N)c(C(F)(F)F)c2F)C(=S)N1c1ccc(COCc2nccs2)cc1. The summed E-state index contributed by atoms with van der Waals surface area (Å²) >= 11 is 6.93. The number of rotatable bonds is 6. The van der Waals surface area contributed by atoms with Crippen LogP contribution in [0.15, 0.2) is 48.0 Å². The standard InChI is InChI=1S/C24H18F4N4O2S2/c1-23(2)21(33)31(17-8-5-15(11-29)19(20(17)25)24(26,27)28)22(35)32(23)16-6-3-14(4-7-16)12-34-13-18-30-9-10-36-18/h3-10H,12-13H2,1-2H3. The van der Waals surface area contributed by atoms with Crippen molar-refractivity contribution in [1.29, 1.82) is 5.26 Å². The predicted octanol–water partition coefficient (Wildman–Crippen LogP) is 5.81. The number of nitrogens with zero attached hydrogens (tertiary/aromatic N) is 4. The van der Waals surface area contributed by atoms with Gasteiger partial charge in [0.25, 0.3) is 5.91 Å². The molecule has 3 aromatic rings. The second-order valence-electron chi connectivity index (χ2n) is 8.33. The first kappa shape index (κ1) is 25.7. The fourth-order valence-corrected chi connectivity index (χ4v) is 4.94. The van der Waals surface area contributed by atoms with Crippen molar-refractivity contribution < 1.29 is 27.1 Å². The number of amides is 1. The number of halogens is 4. The lowest BCUT2D eigenvalue weighted by atomic mass is 10.0. The van der Waals surface area contributed by atoms with E-state index in [0.29, 0.717) is 18.9 Å². The highest BCUT2D eigenvalue weighted by Crippen LogP contribution is 2.41. The van der Waals surface area contributed by atoms with E-state index < -0.39 is 40.3 Å². The Bertz CT molecular complexity index is 1350. The number of benzene rings is 2. The molecule has 0 bridgehead atoms. The molecular weight excluding hydrogens is 516 g/mol. The molecule has 186 valence electrons. The summed E-state index contributed by atoms with van der Waals surface area (Å²) < 4.78 is 61.3. The number of hydrogen-bond acceptors (Lipinski definition) is 6. The monoisotopic (exact) mass is 534 g/mol. The van der Waals surface area contributed by atoms with E-state index in [1.54, 1.807) is 44.3 Å². The number of carbonyl (C=O) groups excluding carboxylic acids is 1. The van der Waals surface area contributed by atoms with Crippen LogP contribution < -0.4 is 9.80 Å². The maximum atomic E-state index is 15.1. The minimum atomic E-state index is -5.14. The second kappa shape index (κ2) is 9.57. The maximum absolute atomic E-state index is 15.1. The Morgan fingerprint density at radius 3 is 2.44 bits per heavy atom. The normalized spacial score (nSPS) is 15.5. The zero-order valence-corrected chi connectivity index (χ0v) is 20.6. The molecule has 1 fully saturated rings. The van der Waals surface area contributed by atoms with Crippen LogP contribution in [-0.4, -0.2) is 21.5 Å². The Morgan fingerprint density at radius 1 is 1.17 bits per heavy atom. The van der Waals surface area contributed by atoms with Gasteiger partial charge in [0.05, 0.1) is 30.5 Å². The summed E-state index contributed by atoms with van der Waals surface area (Å²) in [5, 5.41) is 11.5. The molecule has 1 saturated heterocycles. The third kappa shape index (κ3) is 4.57. The van der Waals surface area contributed by atoms with Crippen LogP contribution in [0.2, 0.25) is 0 Å². The molecule has 0 aliphatic carbocycles. The molecule has 36 heavy (non-hydrogen) atoms. The molecule has 1 aliphatic rings. The van der Waals surface area contributed by atoms with E-state index in [1.165, 1.54) is 22.3 Å². The van der Waals surface area contributed by atoms with Crippen molar-refractivity contribution in [3.8, 4) is 6.07 Å². The van der Waals surface area contributed by atoms with Gasteiger partial charge in [0.1, 0.15) is 16.1 Å². The van der Waals surface area contributed by atoms with Crippen molar-refractivity contribution in [2.24, 2.45) is 0 Å². The quantitative estimate of drug-likeness (QED) is 0.294. The molecule has 0 N–H and O–H groups in total. The Labute approximate surface area is 213 Å². The number of hydrogen-bond donors (Lipinski definition) is 0. The van der Waals surface area contributed by atoms with E-state index in [4.69, 9.17) is 22.2 Å². The summed E-state index contributed by atoms with van der Waals surface area (Å²) in [4.78, 5) is 19.6. The predicted molar refractivity (Wildman–Crippen MR) is 130 cm³/mol. The number of anilines is 2. The van der Waals surface area contributed by atoms with Crippen LogP contribution in [-0.2, 0) is 28.9 Å². The number of thiazole rings is 1. The molecule has 2 heterocycles. The van der Waals surface area contributed by atoms with E-state index in [1.807, 2.05) is 5.38 Å².